The summed E-state index contributed by atoms with van der Waals surface area (Å²) in [6.07, 6.45) is -2.55. The molecule has 3 aromatic rings. The van der Waals surface area contributed by atoms with Crippen LogP contribution in [0.2, 0.25) is 0 Å². The Hall–Kier alpha value is -5.41. The zero-order chi connectivity index (χ0) is 35.9. The molecular weight excluding hydrogens is 657 g/mol. The summed E-state index contributed by atoms with van der Waals surface area (Å²) in [5, 5.41) is 11.5. The van der Waals surface area contributed by atoms with Crippen molar-refractivity contribution in [3.05, 3.63) is 71.8 Å². The van der Waals surface area contributed by atoms with Crippen LogP contribution in [0.15, 0.2) is 60.7 Å². The van der Waals surface area contributed by atoms with Gasteiger partial charge in [0.25, 0.3) is 5.91 Å². The first kappa shape index (κ1) is 35.9. The van der Waals surface area contributed by atoms with E-state index in [0.717, 1.165) is 18.4 Å². The first-order valence-corrected chi connectivity index (χ1v) is 16.0. The summed E-state index contributed by atoms with van der Waals surface area (Å²) in [4.78, 5) is 52.8. The number of halogens is 3. The van der Waals surface area contributed by atoms with Gasteiger partial charge in [0.05, 0.1) is 0 Å². The summed E-state index contributed by atoms with van der Waals surface area (Å²) < 4.78 is 49.3. The number of hydrogen-bond acceptors (Lipinski definition) is 10. The third kappa shape index (κ3) is 11.1. The first-order chi connectivity index (χ1) is 23.7. The zero-order valence-electron chi connectivity index (χ0n) is 27.7. The molecule has 4 N–H and O–H groups in total. The fourth-order valence-electron chi connectivity index (χ4n) is 4.89. The van der Waals surface area contributed by atoms with Crippen molar-refractivity contribution in [3.8, 4) is 11.8 Å². The van der Waals surface area contributed by atoms with Crippen molar-refractivity contribution in [1.29, 1.82) is 0 Å². The van der Waals surface area contributed by atoms with Crippen molar-refractivity contribution in [2.24, 2.45) is 11.3 Å². The highest BCUT2D eigenvalue weighted by atomic mass is 19.4. The summed E-state index contributed by atoms with van der Waals surface area (Å²) in [5.74, 6) is -0.949. The number of aromatic nitrogens is 3. The summed E-state index contributed by atoms with van der Waals surface area (Å²) in [6, 6.07) is 12.8. The topological polar surface area (TPSA) is 160 Å². The van der Waals surface area contributed by atoms with Crippen LogP contribution in [0.1, 0.15) is 42.6 Å². The van der Waals surface area contributed by atoms with Crippen molar-refractivity contribution in [1.82, 2.24) is 30.5 Å². The predicted octanol–water partition coefficient (Wildman–Crippen LogP) is 4.23. The number of ether oxygens (including phenoxy) is 2. The molecule has 1 fully saturated rings. The van der Waals surface area contributed by atoms with E-state index in [1.165, 1.54) is 4.90 Å². The minimum absolute atomic E-state index is 0.0373. The van der Waals surface area contributed by atoms with Gasteiger partial charge in [-0.15, -0.1) is 0 Å². The van der Waals surface area contributed by atoms with Crippen LogP contribution in [-0.4, -0.2) is 83.1 Å². The van der Waals surface area contributed by atoms with Gasteiger partial charge in [0.2, 0.25) is 11.9 Å². The molecule has 8 rings (SSSR count). The quantitative estimate of drug-likeness (QED) is 0.230. The van der Waals surface area contributed by atoms with Gasteiger partial charge in [-0.05, 0) is 71.7 Å². The van der Waals surface area contributed by atoms with Crippen LogP contribution in [0.5, 0.6) is 11.8 Å². The van der Waals surface area contributed by atoms with Crippen molar-refractivity contribution >= 4 is 35.3 Å². The Morgan fingerprint density at radius 1 is 1.04 bits per heavy atom. The third-order valence-corrected chi connectivity index (χ3v) is 7.69. The lowest BCUT2D eigenvalue weighted by molar-refractivity contribution is -0.154. The molecular formula is C34H39F3N8O5. The molecule has 2 aromatic carbocycles. The number of nitrogens with one attached hydrogen (secondary N) is 4. The van der Waals surface area contributed by atoms with E-state index in [2.05, 4.69) is 42.8 Å². The molecule has 0 unspecified atom stereocenters. The van der Waals surface area contributed by atoms with Crippen LogP contribution < -0.4 is 30.7 Å². The van der Waals surface area contributed by atoms with Crippen LogP contribution in [0.25, 0.3) is 0 Å². The Morgan fingerprint density at radius 2 is 1.74 bits per heavy atom. The highest BCUT2D eigenvalue weighted by Crippen LogP contribution is 2.27. The summed E-state index contributed by atoms with van der Waals surface area (Å²) in [6.45, 7) is 7.35. The average Bonchev–Trinajstić information content (AvgIpc) is 3.91. The van der Waals surface area contributed by atoms with Gasteiger partial charge in [0.15, 0.2) is 6.61 Å². The molecule has 0 atom stereocenters. The largest absolute Gasteiger partial charge is 0.489 e. The van der Waals surface area contributed by atoms with E-state index >= 15 is 0 Å². The molecule has 0 radical (unpaired) electrons. The van der Waals surface area contributed by atoms with Crippen molar-refractivity contribution < 1.29 is 37.0 Å². The summed E-state index contributed by atoms with van der Waals surface area (Å²) in [5.41, 5.74) is 1.46. The molecule has 1 aromatic heterocycles. The average molecular weight is 697 g/mol. The molecule has 266 valence electrons. The first-order valence-electron chi connectivity index (χ1n) is 16.0. The Bertz CT molecular complexity index is 1700. The number of carbonyl (C=O) groups is 3. The number of rotatable bonds is 4. The Kier molecular flexibility index (Phi) is 11.1. The number of carbonyl (C=O) groups excluding carboxylic acids is 3. The molecule has 4 aliphatic heterocycles. The molecule has 50 heavy (non-hydrogen) atoms. The maximum atomic E-state index is 13.3. The van der Waals surface area contributed by atoms with Gasteiger partial charge < -0.3 is 35.6 Å². The Morgan fingerprint density at radius 3 is 2.42 bits per heavy atom. The smallest absolute Gasteiger partial charge is 0.422 e. The third-order valence-electron chi connectivity index (χ3n) is 7.69. The summed E-state index contributed by atoms with van der Waals surface area (Å²) in [7, 11) is 0. The molecule has 5 aliphatic rings. The van der Waals surface area contributed by atoms with Gasteiger partial charge in [-0.3, -0.25) is 14.4 Å². The predicted molar refractivity (Wildman–Crippen MR) is 178 cm³/mol. The van der Waals surface area contributed by atoms with Gasteiger partial charge in [0, 0.05) is 44.0 Å². The molecule has 0 saturated heterocycles. The van der Waals surface area contributed by atoms with Crippen molar-refractivity contribution in [2.75, 3.05) is 50.0 Å². The SMILES string of the molecule is C=C1COc2ccc(cc2)CNc2nc(nc(OCC(F)(F)F)n2)Nc2ccc(cc2)C(=O)NCC(C)(C)CN(C(=O)C(=O)NCC2CC2)C1. The molecule has 16 heteroatoms. The molecule has 5 heterocycles. The highest BCUT2D eigenvalue weighted by Gasteiger charge is 2.31. The zero-order valence-corrected chi connectivity index (χ0v) is 27.7. The van der Waals surface area contributed by atoms with Crippen LogP contribution >= 0.6 is 0 Å². The minimum Gasteiger partial charge on any atom is -0.489 e. The molecule has 6 bridgehead atoms. The minimum atomic E-state index is -4.60. The van der Waals surface area contributed by atoms with E-state index in [9.17, 15) is 27.6 Å². The van der Waals surface area contributed by atoms with E-state index in [0.29, 0.717) is 35.0 Å². The number of nitrogens with zero attached hydrogens (tertiary/aromatic N) is 4. The van der Waals surface area contributed by atoms with E-state index in [-0.39, 0.29) is 50.6 Å². The lowest BCUT2D eigenvalue weighted by Gasteiger charge is -2.33. The molecule has 1 saturated carbocycles. The molecule has 3 amide bonds. The number of anilines is 3. The number of benzene rings is 2. The van der Waals surface area contributed by atoms with Crippen LogP contribution in [0.4, 0.5) is 30.8 Å². The Balaban J connectivity index is 1.37. The van der Waals surface area contributed by atoms with Crippen molar-refractivity contribution in [2.45, 2.75) is 39.4 Å². The van der Waals surface area contributed by atoms with Gasteiger partial charge >= 0.3 is 24.0 Å². The molecule has 1 aliphatic carbocycles. The Labute approximate surface area is 287 Å². The molecule has 13 nitrogen and oxygen atoms in total. The highest BCUT2D eigenvalue weighted by molar-refractivity contribution is 6.35. The van der Waals surface area contributed by atoms with Gasteiger partial charge in [-0.1, -0.05) is 32.6 Å². The van der Waals surface area contributed by atoms with Gasteiger partial charge in [0.1, 0.15) is 12.4 Å². The maximum absolute atomic E-state index is 13.3. The number of amides is 3. The van der Waals surface area contributed by atoms with E-state index in [1.54, 1.807) is 48.5 Å². The monoisotopic (exact) mass is 696 g/mol. The van der Waals surface area contributed by atoms with Crippen LogP contribution in [-0.2, 0) is 16.1 Å². The number of hydrogen-bond donors (Lipinski definition) is 4. The lowest BCUT2D eigenvalue weighted by atomic mass is 9.92. The second-order valence-corrected chi connectivity index (χ2v) is 13.1. The second kappa shape index (κ2) is 15.4. The van der Waals surface area contributed by atoms with Crippen LogP contribution in [0, 0.1) is 11.3 Å². The standard InChI is InChI=1S/C34H39F3N8O5/c1-21-16-45(29(48)28(47)38-14-22-4-5-22)19-33(2,3)18-40-27(46)24-8-10-25(11-9-24)41-31-42-30(43-32(44-31)50-20-34(35,36)37)39-15-23-6-12-26(13-7-23)49-17-21/h6-13,22H,1,4-5,14-20H2,2-3H3,(H,38,47)(H,40,46)(H2,39,41,42,43,44). The van der Waals surface area contributed by atoms with E-state index in [1.807, 2.05) is 13.8 Å². The van der Waals surface area contributed by atoms with Gasteiger partial charge in [-0.2, -0.15) is 28.1 Å². The summed E-state index contributed by atoms with van der Waals surface area (Å²) >= 11 is 0. The van der Waals surface area contributed by atoms with E-state index in [4.69, 9.17) is 9.47 Å². The normalized spacial score (nSPS) is 17.0. The lowest BCUT2D eigenvalue weighted by Crippen LogP contribution is -2.50. The van der Waals surface area contributed by atoms with Crippen molar-refractivity contribution in [3.63, 3.8) is 0 Å². The maximum Gasteiger partial charge on any atom is 0.422 e. The van der Waals surface area contributed by atoms with Crippen LogP contribution in [0.3, 0.4) is 0 Å². The fourth-order valence-corrected chi connectivity index (χ4v) is 4.89. The van der Waals surface area contributed by atoms with E-state index < -0.39 is 36.0 Å². The molecule has 0 spiro atoms. The van der Waals surface area contributed by atoms with Gasteiger partial charge in [-0.25, -0.2) is 0 Å². The fraction of sp³-hybridized carbons (Fsp3) is 0.412. The second-order valence-electron chi connectivity index (χ2n) is 13.1. The number of alkyl halides is 3.